The maximum atomic E-state index is 10.8. The van der Waals surface area contributed by atoms with E-state index in [1.54, 1.807) is 0 Å². The van der Waals surface area contributed by atoms with E-state index in [-0.39, 0.29) is 29.1 Å². The molecule has 0 unspecified atom stereocenters. The van der Waals surface area contributed by atoms with Gasteiger partial charge in [0, 0.05) is 18.6 Å². The van der Waals surface area contributed by atoms with Crippen LogP contribution in [0.2, 0.25) is 0 Å². The Morgan fingerprint density at radius 3 is 2.62 bits per heavy atom. The van der Waals surface area contributed by atoms with Crippen molar-refractivity contribution in [2.24, 2.45) is 5.73 Å². The van der Waals surface area contributed by atoms with Gasteiger partial charge in [0.1, 0.15) is 0 Å². The highest BCUT2D eigenvalue weighted by molar-refractivity contribution is 5.92. The van der Waals surface area contributed by atoms with E-state index in [1.165, 1.54) is 0 Å². The highest BCUT2D eigenvalue weighted by atomic mass is 16.6. The van der Waals surface area contributed by atoms with Crippen LogP contribution in [0.3, 0.4) is 0 Å². The van der Waals surface area contributed by atoms with Crippen molar-refractivity contribution in [1.29, 1.82) is 5.41 Å². The zero-order valence-electron chi connectivity index (χ0n) is 8.14. The lowest BCUT2D eigenvalue weighted by molar-refractivity contribution is -0.384. The molecule has 0 bridgehead atoms. The molecule has 0 aliphatic heterocycles. The second-order valence-corrected chi connectivity index (χ2v) is 3.11. The molecule has 1 aromatic rings. The number of nitro benzene ring substituents is 1. The van der Waals surface area contributed by atoms with Crippen LogP contribution >= 0.6 is 0 Å². The fourth-order valence-electron chi connectivity index (χ4n) is 1.25. The van der Waals surface area contributed by atoms with Crippen molar-refractivity contribution in [1.82, 2.24) is 0 Å². The van der Waals surface area contributed by atoms with Crippen LogP contribution in [-0.4, -0.2) is 21.8 Å². The molecule has 16 heavy (non-hydrogen) atoms. The van der Waals surface area contributed by atoms with Crippen LogP contribution in [0.1, 0.15) is 15.9 Å². The molecule has 0 heterocycles. The number of nitrogens with two attached hydrogens (primary N) is 1. The van der Waals surface area contributed by atoms with Crippen LogP contribution in [0.4, 0.5) is 5.69 Å². The second kappa shape index (κ2) is 4.39. The van der Waals surface area contributed by atoms with Crippen LogP contribution in [0, 0.1) is 15.5 Å². The number of hydrogen-bond acceptors (Lipinski definition) is 4. The smallest absolute Gasteiger partial charge is 0.335 e. The van der Waals surface area contributed by atoms with Gasteiger partial charge in [-0.25, -0.2) is 4.79 Å². The van der Waals surface area contributed by atoms with Crippen LogP contribution in [-0.2, 0) is 6.42 Å². The number of rotatable bonds is 4. The van der Waals surface area contributed by atoms with Crippen molar-refractivity contribution in [3.05, 3.63) is 39.4 Å². The Morgan fingerprint density at radius 2 is 2.19 bits per heavy atom. The molecule has 0 fully saturated rings. The van der Waals surface area contributed by atoms with Gasteiger partial charge >= 0.3 is 5.97 Å². The fraction of sp³-hybridized carbons (Fsp3) is 0.111. The molecule has 1 rings (SSSR count). The van der Waals surface area contributed by atoms with E-state index in [0.717, 1.165) is 18.2 Å². The predicted molar refractivity (Wildman–Crippen MR) is 55.7 cm³/mol. The van der Waals surface area contributed by atoms with E-state index in [1.807, 2.05) is 0 Å². The summed E-state index contributed by atoms with van der Waals surface area (Å²) in [6, 6.07) is 3.36. The molecule has 7 nitrogen and oxygen atoms in total. The molecule has 4 N–H and O–H groups in total. The number of aromatic carboxylic acids is 1. The summed E-state index contributed by atoms with van der Waals surface area (Å²) >= 11 is 0. The largest absolute Gasteiger partial charge is 0.478 e. The third kappa shape index (κ3) is 2.53. The Morgan fingerprint density at radius 1 is 1.56 bits per heavy atom. The minimum absolute atomic E-state index is 0.0826. The maximum absolute atomic E-state index is 10.8. The maximum Gasteiger partial charge on any atom is 0.335 e. The first-order valence-corrected chi connectivity index (χ1v) is 4.25. The normalized spacial score (nSPS) is 9.75. The van der Waals surface area contributed by atoms with Crippen molar-refractivity contribution >= 4 is 17.5 Å². The van der Waals surface area contributed by atoms with Gasteiger partial charge in [-0.1, -0.05) is 0 Å². The molecular formula is C9H9N3O4. The number of benzene rings is 1. The van der Waals surface area contributed by atoms with Gasteiger partial charge in [-0.15, -0.1) is 0 Å². The molecule has 0 radical (unpaired) electrons. The first-order chi connectivity index (χ1) is 7.41. The Bertz CT molecular complexity index is 470. The van der Waals surface area contributed by atoms with E-state index < -0.39 is 10.9 Å². The summed E-state index contributed by atoms with van der Waals surface area (Å²) in [7, 11) is 0. The molecule has 0 saturated carbocycles. The monoisotopic (exact) mass is 223 g/mol. The summed E-state index contributed by atoms with van der Waals surface area (Å²) in [5.41, 5.74) is 5.00. The molecule has 0 aliphatic carbocycles. The topological polar surface area (TPSA) is 130 Å². The lowest BCUT2D eigenvalue weighted by Crippen LogP contribution is -2.15. The summed E-state index contributed by atoms with van der Waals surface area (Å²) < 4.78 is 0. The Balaban J connectivity index is 3.26. The molecule has 0 atom stereocenters. The molecule has 0 amide bonds. The molecule has 0 aliphatic rings. The van der Waals surface area contributed by atoms with Gasteiger partial charge < -0.3 is 10.8 Å². The third-order valence-corrected chi connectivity index (χ3v) is 1.91. The van der Waals surface area contributed by atoms with Gasteiger partial charge in [0.15, 0.2) is 0 Å². The average Bonchev–Trinajstić information content (AvgIpc) is 2.15. The number of carboxylic acids is 1. The van der Waals surface area contributed by atoms with Crippen LogP contribution in [0.25, 0.3) is 0 Å². The van der Waals surface area contributed by atoms with Gasteiger partial charge in [-0.05, 0) is 11.6 Å². The first kappa shape index (κ1) is 11.6. The van der Waals surface area contributed by atoms with E-state index in [0.29, 0.717) is 0 Å². The van der Waals surface area contributed by atoms with E-state index in [2.05, 4.69) is 0 Å². The van der Waals surface area contributed by atoms with E-state index in [9.17, 15) is 14.9 Å². The number of carbonyl (C=O) groups is 1. The summed E-state index contributed by atoms with van der Waals surface area (Å²) in [6.45, 7) is 0. The summed E-state index contributed by atoms with van der Waals surface area (Å²) in [5.74, 6) is -1.45. The number of nitrogens with zero attached hydrogens (tertiary/aromatic N) is 1. The average molecular weight is 223 g/mol. The quantitative estimate of drug-likeness (QED) is 0.300. The van der Waals surface area contributed by atoms with Gasteiger partial charge in [0.2, 0.25) is 0 Å². The lowest BCUT2D eigenvalue weighted by atomic mass is 10.0. The lowest BCUT2D eigenvalue weighted by Gasteiger charge is -2.04. The number of nitro groups is 1. The van der Waals surface area contributed by atoms with E-state index in [4.69, 9.17) is 16.2 Å². The van der Waals surface area contributed by atoms with Crippen LogP contribution < -0.4 is 5.73 Å². The minimum Gasteiger partial charge on any atom is -0.478 e. The Kier molecular flexibility index (Phi) is 3.19. The minimum atomic E-state index is -1.20. The van der Waals surface area contributed by atoms with Crippen molar-refractivity contribution in [3.63, 3.8) is 0 Å². The second-order valence-electron chi connectivity index (χ2n) is 3.11. The fourth-order valence-corrected chi connectivity index (χ4v) is 1.25. The molecule has 0 saturated heterocycles. The van der Waals surface area contributed by atoms with Gasteiger partial charge in [-0.3, -0.25) is 15.5 Å². The number of amidine groups is 1. The Hall–Kier alpha value is -2.44. The third-order valence-electron chi connectivity index (χ3n) is 1.91. The van der Waals surface area contributed by atoms with Crippen molar-refractivity contribution in [2.75, 3.05) is 0 Å². The van der Waals surface area contributed by atoms with Crippen molar-refractivity contribution < 1.29 is 14.8 Å². The van der Waals surface area contributed by atoms with E-state index >= 15 is 0 Å². The summed E-state index contributed by atoms with van der Waals surface area (Å²) in [6.07, 6.45) is -0.122. The summed E-state index contributed by atoms with van der Waals surface area (Å²) in [4.78, 5) is 20.7. The van der Waals surface area contributed by atoms with Crippen molar-refractivity contribution in [2.45, 2.75) is 6.42 Å². The van der Waals surface area contributed by atoms with Gasteiger partial charge in [0.25, 0.3) is 5.69 Å². The standard InChI is InChI=1S/C9H9N3O4/c10-8(11)4-5-3-6(12(15)16)1-2-7(5)9(13)14/h1-3H,4H2,(H3,10,11)(H,13,14). The highest BCUT2D eigenvalue weighted by Gasteiger charge is 2.15. The number of carboxylic acid groups (broad SMARTS) is 1. The van der Waals surface area contributed by atoms with Crippen LogP contribution in [0.5, 0.6) is 0 Å². The molecule has 7 heteroatoms. The highest BCUT2D eigenvalue weighted by Crippen LogP contribution is 2.18. The van der Waals surface area contributed by atoms with Crippen LogP contribution in [0.15, 0.2) is 18.2 Å². The molecule has 0 aromatic heterocycles. The summed E-state index contributed by atoms with van der Waals surface area (Å²) in [5, 5.41) is 26.4. The number of nitrogens with one attached hydrogen (secondary N) is 1. The van der Waals surface area contributed by atoms with Gasteiger partial charge in [0.05, 0.1) is 16.3 Å². The molecular weight excluding hydrogens is 214 g/mol. The molecule has 0 spiro atoms. The molecule has 1 aromatic carbocycles. The number of non-ortho nitro benzene ring substituents is 1. The Labute approximate surface area is 90.2 Å². The zero-order valence-corrected chi connectivity index (χ0v) is 8.14. The SMILES string of the molecule is N=C(N)Cc1cc([N+](=O)[O-])ccc1C(=O)O. The van der Waals surface area contributed by atoms with Gasteiger partial charge in [-0.2, -0.15) is 0 Å². The van der Waals surface area contributed by atoms with Crippen molar-refractivity contribution in [3.8, 4) is 0 Å². The molecule has 84 valence electrons. The number of hydrogen-bond donors (Lipinski definition) is 3. The predicted octanol–water partition coefficient (Wildman–Crippen LogP) is 0.771. The zero-order chi connectivity index (χ0) is 12.3. The first-order valence-electron chi connectivity index (χ1n) is 4.25.